The van der Waals surface area contributed by atoms with E-state index < -0.39 is 5.97 Å². The van der Waals surface area contributed by atoms with E-state index >= 15 is 0 Å². The number of hydrogen-bond donors (Lipinski definition) is 2. The third-order valence-corrected chi connectivity index (χ3v) is 2.44. The molecule has 6 heteroatoms. The van der Waals surface area contributed by atoms with Crippen molar-refractivity contribution in [3.05, 3.63) is 17.0 Å². The van der Waals surface area contributed by atoms with Gasteiger partial charge in [0.25, 0.3) is 0 Å². The second-order valence-electron chi connectivity index (χ2n) is 3.80. The van der Waals surface area contributed by atoms with Crippen molar-refractivity contribution in [2.45, 2.75) is 33.1 Å². The molecule has 0 fully saturated rings. The Morgan fingerprint density at radius 3 is 2.59 bits per heavy atom. The monoisotopic (exact) mass is 240 g/mol. The Morgan fingerprint density at radius 1 is 1.35 bits per heavy atom. The van der Waals surface area contributed by atoms with Crippen molar-refractivity contribution in [3.63, 3.8) is 0 Å². The summed E-state index contributed by atoms with van der Waals surface area (Å²) in [5, 5.41) is 14.9. The zero-order chi connectivity index (χ0) is 12.8. The molecule has 2 N–H and O–H groups in total. The van der Waals surface area contributed by atoms with Crippen LogP contribution in [0.2, 0.25) is 0 Å². The first-order valence-corrected chi connectivity index (χ1v) is 5.41. The van der Waals surface area contributed by atoms with Crippen molar-refractivity contribution in [1.82, 2.24) is 10.5 Å². The average Bonchev–Trinajstić information content (AvgIpc) is 2.57. The quantitative estimate of drug-likeness (QED) is 0.767. The Hall–Kier alpha value is -1.85. The van der Waals surface area contributed by atoms with Gasteiger partial charge < -0.3 is 14.9 Å². The summed E-state index contributed by atoms with van der Waals surface area (Å²) in [5.74, 6) is -0.465. The fourth-order valence-electron chi connectivity index (χ4n) is 1.49. The lowest BCUT2D eigenvalue weighted by atomic mass is 10.1. The van der Waals surface area contributed by atoms with E-state index in [4.69, 9.17) is 9.63 Å². The molecule has 1 amide bonds. The maximum atomic E-state index is 11.2. The van der Waals surface area contributed by atoms with E-state index in [1.807, 2.05) is 13.8 Å². The van der Waals surface area contributed by atoms with Crippen LogP contribution in [-0.4, -0.2) is 28.7 Å². The first-order valence-electron chi connectivity index (χ1n) is 5.41. The fraction of sp³-hybridized carbons (Fsp3) is 0.545. The number of aromatic nitrogens is 1. The first kappa shape index (κ1) is 13.2. The molecule has 94 valence electrons. The van der Waals surface area contributed by atoms with Crippen molar-refractivity contribution in [2.24, 2.45) is 0 Å². The number of nitrogens with zero attached hydrogens (tertiary/aromatic N) is 1. The maximum absolute atomic E-state index is 11.2. The molecule has 1 heterocycles. The van der Waals surface area contributed by atoms with Gasteiger partial charge in [-0.15, -0.1) is 0 Å². The van der Waals surface area contributed by atoms with Gasteiger partial charge in [-0.25, -0.2) is 0 Å². The summed E-state index contributed by atoms with van der Waals surface area (Å²) < 4.78 is 4.99. The van der Waals surface area contributed by atoms with Gasteiger partial charge in [0.2, 0.25) is 5.91 Å². The number of rotatable bonds is 6. The highest BCUT2D eigenvalue weighted by Gasteiger charge is 2.09. The predicted molar refractivity (Wildman–Crippen MR) is 59.6 cm³/mol. The van der Waals surface area contributed by atoms with Gasteiger partial charge in [-0.3, -0.25) is 9.59 Å². The number of aliphatic carboxylic acids is 1. The third kappa shape index (κ3) is 4.26. The van der Waals surface area contributed by atoms with Crippen LogP contribution in [0.25, 0.3) is 0 Å². The lowest BCUT2D eigenvalue weighted by Crippen LogP contribution is -2.26. The standard InChI is InChI=1S/C11H16N2O4/c1-7-9(8(2)17-13-7)5-6-12-10(14)3-4-11(15)16/h3-6H2,1-2H3,(H,12,14)(H,15,16). The van der Waals surface area contributed by atoms with Crippen molar-refractivity contribution < 1.29 is 19.2 Å². The third-order valence-electron chi connectivity index (χ3n) is 2.44. The van der Waals surface area contributed by atoms with E-state index in [1.54, 1.807) is 0 Å². The van der Waals surface area contributed by atoms with Gasteiger partial charge in [-0.2, -0.15) is 0 Å². The summed E-state index contributed by atoms with van der Waals surface area (Å²) in [6.45, 7) is 4.13. The van der Waals surface area contributed by atoms with Crippen molar-refractivity contribution in [2.75, 3.05) is 6.54 Å². The molecule has 0 saturated carbocycles. The normalized spacial score (nSPS) is 10.2. The summed E-state index contributed by atoms with van der Waals surface area (Å²) in [6, 6.07) is 0. The van der Waals surface area contributed by atoms with E-state index in [1.165, 1.54) is 0 Å². The van der Waals surface area contributed by atoms with Crippen LogP contribution in [0.3, 0.4) is 0 Å². The Kier molecular flexibility index (Phi) is 4.68. The average molecular weight is 240 g/mol. The number of hydrogen-bond acceptors (Lipinski definition) is 4. The number of carbonyl (C=O) groups is 2. The zero-order valence-electron chi connectivity index (χ0n) is 9.95. The minimum Gasteiger partial charge on any atom is -0.481 e. The summed E-state index contributed by atoms with van der Waals surface area (Å²) >= 11 is 0. The van der Waals surface area contributed by atoms with E-state index in [-0.39, 0.29) is 18.7 Å². The van der Waals surface area contributed by atoms with E-state index in [2.05, 4.69) is 10.5 Å². The molecule has 17 heavy (non-hydrogen) atoms. The summed E-state index contributed by atoms with van der Waals surface area (Å²) in [6.07, 6.45) is 0.508. The molecule has 0 unspecified atom stereocenters. The maximum Gasteiger partial charge on any atom is 0.303 e. The lowest BCUT2D eigenvalue weighted by molar-refractivity contribution is -0.138. The smallest absolute Gasteiger partial charge is 0.303 e. The molecule has 0 aromatic carbocycles. The van der Waals surface area contributed by atoms with Gasteiger partial charge in [-0.1, -0.05) is 5.16 Å². The molecule has 0 saturated heterocycles. The van der Waals surface area contributed by atoms with Crippen molar-refractivity contribution >= 4 is 11.9 Å². The van der Waals surface area contributed by atoms with Gasteiger partial charge in [0.15, 0.2) is 0 Å². The van der Waals surface area contributed by atoms with Crippen LogP contribution >= 0.6 is 0 Å². The second kappa shape index (κ2) is 6.03. The molecule has 0 aliphatic heterocycles. The Bertz CT molecular complexity index is 392. The highest BCUT2D eigenvalue weighted by molar-refractivity contribution is 5.80. The molecule has 0 bridgehead atoms. The van der Waals surface area contributed by atoms with Crippen LogP contribution < -0.4 is 5.32 Å². The van der Waals surface area contributed by atoms with Crippen LogP contribution in [0, 0.1) is 13.8 Å². The Morgan fingerprint density at radius 2 is 2.06 bits per heavy atom. The van der Waals surface area contributed by atoms with E-state index in [9.17, 15) is 9.59 Å². The number of carbonyl (C=O) groups excluding carboxylic acids is 1. The molecule has 6 nitrogen and oxygen atoms in total. The Balaban J connectivity index is 2.28. The number of amides is 1. The number of carboxylic acid groups (broad SMARTS) is 1. The predicted octanol–water partition coefficient (Wildman–Crippen LogP) is 0.815. The molecular weight excluding hydrogens is 224 g/mol. The molecule has 0 aliphatic rings. The van der Waals surface area contributed by atoms with Gasteiger partial charge in [0, 0.05) is 18.5 Å². The topological polar surface area (TPSA) is 92.4 Å². The number of aryl methyl sites for hydroxylation is 2. The highest BCUT2D eigenvalue weighted by atomic mass is 16.5. The molecular formula is C11H16N2O4. The lowest BCUT2D eigenvalue weighted by Gasteiger charge is -2.03. The number of carboxylic acids is 1. The molecule has 0 atom stereocenters. The van der Waals surface area contributed by atoms with Crippen LogP contribution in [-0.2, 0) is 16.0 Å². The minimum absolute atomic E-state index is 0.0108. The van der Waals surface area contributed by atoms with E-state index in [0.717, 1.165) is 17.0 Å². The first-order chi connectivity index (χ1) is 8.00. The summed E-state index contributed by atoms with van der Waals surface area (Å²) in [4.78, 5) is 21.5. The van der Waals surface area contributed by atoms with Crippen LogP contribution in [0.15, 0.2) is 4.52 Å². The summed E-state index contributed by atoms with van der Waals surface area (Å²) in [5.41, 5.74) is 1.81. The largest absolute Gasteiger partial charge is 0.481 e. The number of nitrogens with one attached hydrogen (secondary N) is 1. The highest BCUT2D eigenvalue weighted by Crippen LogP contribution is 2.11. The molecule has 0 aliphatic carbocycles. The Labute approximate surface area is 99.0 Å². The summed E-state index contributed by atoms with van der Waals surface area (Å²) in [7, 11) is 0. The second-order valence-corrected chi connectivity index (χ2v) is 3.80. The molecule has 0 spiro atoms. The van der Waals surface area contributed by atoms with Crippen LogP contribution in [0.5, 0.6) is 0 Å². The van der Waals surface area contributed by atoms with Gasteiger partial charge in [-0.05, 0) is 20.3 Å². The molecule has 1 aromatic rings. The SMILES string of the molecule is Cc1noc(C)c1CCNC(=O)CCC(=O)O. The van der Waals surface area contributed by atoms with Crippen molar-refractivity contribution in [3.8, 4) is 0 Å². The van der Waals surface area contributed by atoms with Crippen molar-refractivity contribution in [1.29, 1.82) is 0 Å². The van der Waals surface area contributed by atoms with Crippen LogP contribution in [0.4, 0.5) is 0 Å². The zero-order valence-corrected chi connectivity index (χ0v) is 9.95. The van der Waals surface area contributed by atoms with Gasteiger partial charge >= 0.3 is 5.97 Å². The minimum atomic E-state index is -0.967. The van der Waals surface area contributed by atoms with E-state index in [0.29, 0.717) is 13.0 Å². The fourth-order valence-corrected chi connectivity index (χ4v) is 1.49. The molecule has 0 radical (unpaired) electrons. The van der Waals surface area contributed by atoms with Gasteiger partial charge in [0.1, 0.15) is 5.76 Å². The molecule has 1 rings (SSSR count). The van der Waals surface area contributed by atoms with Gasteiger partial charge in [0.05, 0.1) is 12.1 Å². The van der Waals surface area contributed by atoms with Crippen LogP contribution in [0.1, 0.15) is 29.9 Å². The molecule has 1 aromatic heterocycles.